The Kier molecular flexibility index (Phi) is 6.89. The van der Waals surface area contributed by atoms with Crippen molar-refractivity contribution in [1.82, 2.24) is 5.32 Å². The van der Waals surface area contributed by atoms with Gasteiger partial charge < -0.3 is 15.2 Å². The lowest BCUT2D eigenvalue weighted by atomic mass is 10.2. The van der Waals surface area contributed by atoms with E-state index in [4.69, 9.17) is 4.74 Å². The molecule has 0 aliphatic carbocycles. The van der Waals surface area contributed by atoms with Gasteiger partial charge in [0.1, 0.15) is 12.4 Å². The van der Waals surface area contributed by atoms with Gasteiger partial charge in [-0.05, 0) is 62.0 Å². The van der Waals surface area contributed by atoms with Gasteiger partial charge in [0.2, 0.25) is 0 Å². The first-order valence-electron chi connectivity index (χ1n) is 7.09. The number of ether oxygens (including phenoxy) is 1. The smallest absolute Gasteiger partial charge is 0.148 e. The van der Waals surface area contributed by atoms with E-state index in [0.717, 1.165) is 25.8 Å². The van der Waals surface area contributed by atoms with Gasteiger partial charge in [-0.1, -0.05) is 30.3 Å². The lowest BCUT2D eigenvalue weighted by molar-refractivity contribution is 0.191. The van der Waals surface area contributed by atoms with E-state index in [9.17, 15) is 5.11 Å². The number of aliphatic hydroxyl groups excluding tert-OH is 1. The Morgan fingerprint density at radius 2 is 1.73 bits per heavy atom. The molecule has 2 aromatic rings. The molecule has 0 fully saturated rings. The van der Waals surface area contributed by atoms with Crippen molar-refractivity contribution in [3.05, 3.63) is 62.5 Å². The quantitative estimate of drug-likeness (QED) is 0.692. The van der Waals surface area contributed by atoms with Crippen LogP contribution in [0.1, 0.15) is 18.1 Å². The molecular weight excluding hydrogens is 410 g/mol. The van der Waals surface area contributed by atoms with Crippen LogP contribution in [-0.4, -0.2) is 17.8 Å². The molecular formula is C17H19Br2NO2. The summed E-state index contributed by atoms with van der Waals surface area (Å²) < 4.78 is 7.72. The monoisotopic (exact) mass is 427 g/mol. The van der Waals surface area contributed by atoms with Crippen molar-refractivity contribution in [2.24, 2.45) is 0 Å². The van der Waals surface area contributed by atoms with Crippen LogP contribution in [0.15, 0.2) is 51.4 Å². The Labute approximate surface area is 148 Å². The van der Waals surface area contributed by atoms with Gasteiger partial charge >= 0.3 is 0 Å². The van der Waals surface area contributed by atoms with Crippen molar-refractivity contribution in [3.63, 3.8) is 0 Å². The fourth-order valence-corrected chi connectivity index (χ4v) is 3.52. The number of nitrogens with one attached hydrogen (secondary N) is 1. The zero-order valence-corrected chi connectivity index (χ0v) is 15.5. The second-order valence-electron chi connectivity index (χ2n) is 5.14. The van der Waals surface area contributed by atoms with Crippen molar-refractivity contribution in [2.75, 3.05) is 6.54 Å². The number of aliphatic hydroxyl groups is 1. The summed E-state index contributed by atoms with van der Waals surface area (Å²) in [6.07, 6.45) is -0.347. The SMILES string of the molecule is C[C@H](O)CNCc1cc(Br)c(OCc2ccccc2)c(Br)c1. The third-order valence-electron chi connectivity index (χ3n) is 3.05. The second-order valence-corrected chi connectivity index (χ2v) is 6.85. The van der Waals surface area contributed by atoms with Crippen LogP contribution in [0, 0.1) is 0 Å². The molecule has 0 amide bonds. The van der Waals surface area contributed by atoms with Crippen LogP contribution in [0.5, 0.6) is 5.75 Å². The first-order valence-corrected chi connectivity index (χ1v) is 8.68. The fraction of sp³-hybridized carbons (Fsp3) is 0.294. The highest BCUT2D eigenvalue weighted by Crippen LogP contribution is 2.35. The number of halogens is 2. The molecule has 0 aromatic heterocycles. The van der Waals surface area contributed by atoms with Gasteiger partial charge in [0.15, 0.2) is 0 Å². The van der Waals surface area contributed by atoms with Crippen LogP contribution in [0.4, 0.5) is 0 Å². The van der Waals surface area contributed by atoms with E-state index in [0.29, 0.717) is 19.7 Å². The minimum Gasteiger partial charge on any atom is -0.487 e. The van der Waals surface area contributed by atoms with E-state index in [1.165, 1.54) is 0 Å². The Hall–Kier alpha value is -0.880. The lowest BCUT2D eigenvalue weighted by Crippen LogP contribution is -2.23. The summed E-state index contributed by atoms with van der Waals surface area (Å²) in [7, 11) is 0. The lowest BCUT2D eigenvalue weighted by Gasteiger charge is -2.13. The summed E-state index contributed by atoms with van der Waals surface area (Å²) >= 11 is 7.12. The maximum Gasteiger partial charge on any atom is 0.148 e. The van der Waals surface area contributed by atoms with E-state index in [2.05, 4.69) is 37.2 Å². The molecule has 1 atom stereocenters. The molecule has 0 bridgehead atoms. The molecule has 0 spiro atoms. The van der Waals surface area contributed by atoms with Crippen LogP contribution < -0.4 is 10.1 Å². The predicted molar refractivity (Wildman–Crippen MR) is 96.0 cm³/mol. The first kappa shape index (κ1) is 17.5. The molecule has 118 valence electrons. The Morgan fingerprint density at radius 3 is 2.32 bits per heavy atom. The predicted octanol–water partition coefficient (Wildman–Crippen LogP) is 4.26. The number of rotatable bonds is 7. The number of benzene rings is 2. The molecule has 3 nitrogen and oxygen atoms in total. The maximum absolute atomic E-state index is 9.26. The molecule has 0 unspecified atom stereocenters. The normalized spacial score (nSPS) is 12.2. The molecule has 22 heavy (non-hydrogen) atoms. The average molecular weight is 429 g/mol. The molecule has 0 saturated heterocycles. The molecule has 0 heterocycles. The number of hydrogen-bond donors (Lipinski definition) is 2. The van der Waals surface area contributed by atoms with Crippen molar-refractivity contribution in [2.45, 2.75) is 26.2 Å². The standard InChI is InChI=1S/C17H19Br2NO2/c1-12(21)9-20-10-14-7-15(18)17(16(19)8-14)22-11-13-5-3-2-4-6-13/h2-8,12,20-21H,9-11H2,1H3/t12-/m0/s1. The van der Waals surface area contributed by atoms with Gasteiger partial charge in [0.25, 0.3) is 0 Å². The third-order valence-corrected chi connectivity index (χ3v) is 4.23. The summed E-state index contributed by atoms with van der Waals surface area (Å²) in [5, 5.41) is 12.5. The van der Waals surface area contributed by atoms with Crippen LogP contribution >= 0.6 is 31.9 Å². The zero-order valence-electron chi connectivity index (χ0n) is 12.4. The van der Waals surface area contributed by atoms with E-state index in [1.54, 1.807) is 6.92 Å². The third kappa shape index (κ3) is 5.39. The van der Waals surface area contributed by atoms with E-state index in [-0.39, 0.29) is 6.10 Å². The summed E-state index contributed by atoms with van der Waals surface area (Å²) in [5.74, 6) is 0.795. The molecule has 0 saturated carbocycles. The molecule has 5 heteroatoms. The molecule has 2 aromatic carbocycles. The van der Waals surface area contributed by atoms with E-state index < -0.39 is 0 Å². The van der Waals surface area contributed by atoms with Crippen LogP contribution in [-0.2, 0) is 13.2 Å². The van der Waals surface area contributed by atoms with Crippen LogP contribution in [0.25, 0.3) is 0 Å². The van der Waals surface area contributed by atoms with Crippen molar-refractivity contribution >= 4 is 31.9 Å². The van der Waals surface area contributed by atoms with E-state index >= 15 is 0 Å². The average Bonchev–Trinajstić information content (AvgIpc) is 2.47. The minimum atomic E-state index is -0.347. The topological polar surface area (TPSA) is 41.5 Å². The Balaban J connectivity index is 2.00. The fourth-order valence-electron chi connectivity index (χ4n) is 2.01. The molecule has 2 N–H and O–H groups in total. The molecule has 0 aliphatic rings. The highest BCUT2D eigenvalue weighted by Gasteiger charge is 2.09. The highest BCUT2D eigenvalue weighted by molar-refractivity contribution is 9.11. The largest absolute Gasteiger partial charge is 0.487 e. The Morgan fingerprint density at radius 1 is 1.09 bits per heavy atom. The van der Waals surface area contributed by atoms with Crippen LogP contribution in [0.2, 0.25) is 0 Å². The van der Waals surface area contributed by atoms with Crippen LogP contribution in [0.3, 0.4) is 0 Å². The van der Waals surface area contributed by atoms with Gasteiger partial charge in [0, 0.05) is 13.1 Å². The first-order chi connectivity index (χ1) is 10.6. The molecule has 2 rings (SSSR count). The molecule has 0 aliphatic heterocycles. The van der Waals surface area contributed by atoms with Crippen molar-refractivity contribution in [1.29, 1.82) is 0 Å². The minimum absolute atomic E-state index is 0.347. The highest BCUT2D eigenvalue weighted by atomic mass is 79.9. The second kappa shape index (κ2) is 8.67. The van der Waals surface area contributed by atoms with Gasteiger partial charge in [0.05, 0.1) is 15.0 Å². The molecule has 0 radical (unpaired) electrons. The summed E-state index contributed by atoms with van der Waals surface area (Å²) in [4.78, 5) is 0. The summed E-state index contributed by atoms with van der Waals surface area (Å²) in [6, 6.07) is 14.1. The van der Waals surface area contributed by atoms with E-state index in [1.807, 2.05) is 42.5 Å². The van der Waals surface area contributed by atoms with Gasteiger partial charge in [-0.15, -0.1) is 0 Å². The summed E-state index contributed by atoms with van der Waals surface area (Å²) in [5.41, 5.74) is 2.25. The summed E-state index contributed by atoms with van der Waals surface area (Å²) in [6.45, 7) is 3.56. The number of hydrogen-bond acceptors (Lipinski definition) is 3. The van der Waals surface area contributed by atoms with Gasteiger partial charge in [-0.3, -0.25) is 0 Å². The van der Waals surface area contributed by atoms with Gasteiger partial charge in [-0.25, -0.2) is 0 Å². The van der Waals surface area contributed by atoms with Crippen molar-refractivity contribution in [3.8, 4) is 5.75 Å². The maximum atomic E-state index is 9.26. The Bertz CT molecular complexity index is 580. The van der Waals surface area contributed by atoms with Crippen molar-refractivity contribution < 1.29 is 9.84 Å². The zero-order chi connectivity index (χ0) is 15.9. The van der Waals surface area contributed by atoms with Gasteiger partial charge in [-0.2, -0.15) is 0 Å².